The Morgan fingerprint density at radius 1 is 1.42 bits per heavy atom. The van der Waals surface area contributed by atoms with E-state index in [9.17, 15) is 4.79 Å². The van der Waals surface area contributed by atoms with Crippen molar-refractivity contribution in [1.29, 1.82) is 0 Å². The van der Waals surface area contributed by atoms with Gasteiger partial charge >= 0.3 is 6.09 Å². The molecule has 4 heteroatoms. The summed E-state index contributed by atoms with van der Waals surface area (Å²) in [4.78, 5) is 13.8. The van der Waals surface area contributed by atoms with Gasteiger partial charge in [0, 0.05) is 24.5 Å². The van der Waals surface area contributed by atoms with Crippen LogP contribution >= 0.6 is 0 Å². The van der Waals surface area contributed by atoms with Crippen molar-refractivity contribution in [3.05, 3.63) is 0 Å². The molecule has 1 heterocycles. The molecule has 0 aromatic rings. The lowest BCUT2D eigenvalue weighted by molar-refractivity contribution is -0.0326. The molecule has 1 amide bonds. The number of hydrogen-bond acceptors (Lipinski definition) is 3. The summed E-state index contributed by atoms with van der Waals surface area (Å²) in [6.07, 6.45) is 4.75. The molecule has 0 radical (unpaired) electrons. The van der Waals surface area contributed by atoms with Crippen molar-refractivity contribution in [1.82, 2.24) is 10.2 Å². The lowest BCUT2D eigenvalue weighted by Crippen LogP contribution is -2.58. The Morgan fingerprint density at radius 2 is 2.11 bits per heavy atom. The first-order chi connectivity index (χ1) is 8.84. The molecule has 1 atom stereocenters. The van der Waals surface area contributed by atoms with Crippen LogP contribution in [0.5, 0.6) is 0 Å². The highest BCUT2D eigenvalue weighted by Crippen LogP contribution is 2.45. The van der Waals surface area contributed by atoms with Gasteiger partial charge in [-0.1, -0.05) is 6.92 Å². The standard InChI is InChI=1S/C15H28N2O2/c1-5-8-16-12-6-7-15(9-12)10-17(11-15)13(18)19-14(2,3)4/h12,16H,5-11H2,1-4H3/t12-/m1/s1. The van der Waals surface area contributed by atoms with Crippen LogP contribution in [0.15, 0.2) is 0 Å². The van der Waals surface area contributed by atoms with Crippen LogP contribution in [0.1, 0.15) is 53.4 Å². The molecule has 2 aliphatic rings. The third kappa shape index (κ3) is 3.62. The van der Waals surface area contributed by atoms with Crippen molar-refractivity contribution < 1.29 is 9.53 Å². The van der Waals surface area contributed by atoms with Gasteiger partial charge in [-0.3, -0.25) is 0 Å². The van der Waals surface area contributed by atoms with E-state index in [2.05, 4.69) is 12.2 Å². The highest BCUT2D eigenvalue weighted by Gasteiger charge is 2.50. The zero-order chi connectivity index (χ0) is 14.1. The van der Waals surface area contributed by atoms with Gasteiger partial charge in [0.25, 0.3) is 0 Å². The quantitative estimate of drug-likeness (QED) is 0.855. The minimum atomic E-state index is -0.388. The maximum atomic E-state index is 11.9. The average Bonchev–Trinajstić information content (AvgIpc) is 2.66. The molecule has 0 aromatic heterocycles. The molecule has 4 nitrogen and oxygen atoms in total. The molecule has 110 valence electrons. The summed E-state index contributed by atoms with van der Waals surface area (Å²) < 4.78 is 5.41. The fourth-order valence-corrected chi connectivity index (χ4v) is 3.24. The first-order valence-electron chi connectivity index (χ1n) is 7.55. The van der Waals surface area contributed by atoms with Crippen LogP contribution in [0, 0.1) is 5.41 Å². The second-order valence-electron chi connectivity index (χ2n) is 7.23. The Kier molecular flexibility index (Phi) is 4.09. The van der Waals surface area contributed by atoms with Crippen LogP contribution in [0.3, 0.4) is 0 Å². The zero-order valence-electron chi connectivity index (χ0n) is 12.8. The highest BCUT2D eigenvalue weighted by molar-refractivity contribution is 5.69. The summed E-state index contributed by atoms with van der Waals surface area (Å²) >= 11 is 0. The topological polar surface area (TPSA) is 41.6 Å². The van der Waals surface area contributed by atoms with Crippen LogP contribution in [0.4, 0.5) is 4.79 Å². The third-order valence-corrected chi connectivity index (χ3v) is 4.09. The number of rotatable bonds is 3. The molecule has 1 aliphatic heterocycles. The molecule has 1 aliphatic carbocycles. The molecule has 2 fully saturated rings. The van der Waals surface area contributed by atoms with E-state index in [1.165, 1.54) is 25.7 Å². The van der Waals surface area contributed by atoms with Crippen LogP contribution < -0.4 is 5.32 Å². The van der Waals surface area contributed by atoms with Crippen molar-refractivity contribution in [3.63, 3.8) is 0 Å². The van der Waals surface area contributed by atoms with Gasteiger partial charge in [0.15, 0.2) is 0 Å². The summed E-state index contributed by atoms with van der Waals surface area (Å²) in [5.74, 6) is 0. The number of amides is 1. The molecule has 0 aromatic carbocycles. The second-order valence-corrected chi connectivity index (χ2v) is 7.23. The SMILES string of the molecule is CCCN[C@@H]1CCC2(C1)CN(C(=O)OC(C)(C)C)C2. The van der Waals surface area contributed by atoms with E-state index in [-0.39, 0.29) is 11.7 Å². The van der Waals surface area contributed by atoms with E-state index in [1.807, 2.05) is 25.7 Å². The third-order valence-electron chi connectivity index (χ3n) is 4.09. The molecule has 1 N–H and O–H groups in total. The number of carbonyl (C=O) groups is 1. The predicted molar refractivity (Wildman–Crippen MR) is 76.2 cm³/mol. The number of nitrogens with one attached hydrogen (secondary N) is 1. The van der Waals surface area contributed by atoms with E-state index >= 15 is 0 Å². The van der Waals surface area contributed by atoms with Gasteiger partial charge in [0.05, 0.1) is 0 Å². The van der Waals surface area contributed by atoms with Gasteiger partial charge in [-0.2, -0.15) is 0 Å². The van der Waals surface area contributed by atoms with Gasteiger partial charge in [0.2, 0.25) is 0 Å². The maximum Gasteiger partial charge on any atom is 0.410 e. The van der Waals surface area contributed by atoms with Gasteiger partial charge in [-0.15, -0.1) is 0 Å². The molecule has 0 bridgehead atoms. The molecular weight excluding hydrogens is 240 g/mol. The summed E-state index contributed by atoms with van der Waals surface area (Å²) in [5.41, 5.74) is -0.0109. The summed E-state index contributed by atoms with van der Waals surface area (Å²) in [6.45, 7) is 10.8. The number of ether oxygens (including phenoxy) is 1. The highest BCUT2D eigenvalue weighted by atomic mass is 16.6. The molecule has 2 rings (SSSR count). The minimum Gasteiger partial charge on any atom is -0.444 e. The number of nitrogens with zero attached hydrogens (tertiary/aromatic N) is 1. The van der Waals surface area contributed by atoms with Crippen molar-refractivity contribution in [2.45, 2.75) is 65.0 Å². The Morgan fingerprint density at radius 3 is 2.68 bits per heavy atom. The van der Waals surface area contributed by atoms with Gasteiger partial charge in [0.1, 0.15) is 5.60 Å². The van der Waals surface area contributed by atoms with E-state index < -0.39 is 0 Å². The minimum absolute atomic E-state index is 0.150. The van der Waals surface area contributed by atoms with Crippen molar-refractivity contribution in [3.8, 4) is 0 Å². The van der Waals surface area contributed by atoms with Crippen LogP contribution in [0.2, 0.25) is 0 Å². The summed E-state index contributed by atoms with van der Waals surface area (Å²) in [7, 11) is 0. The van der Waals surface area contributed by atoms with E-state index in [0.717, 1.165) is 19.6 Å². The Bertz CT molecular complexity index is 330. The molecular formula is C15H28N2O2. The van der Waals surface area contributed by atoms with Gasteiger partial charge < -0.3 is 15.0 Å². The van der Waals surface area contributed by atoms with Crippen molar-refractivity contribution in [2.24, 2.45) is 5.41 Å². The lowest BCUT2D eigenvalue weighted by Gasteiger charge is -2.48. The Labute approximate surface area is 116 Å². The Balaban J connectivity index is 1.75. The number of likely N-dealkylation sites (tertiary alicyclic amines) is 1. The van der Waals surface area contributed by atoms with Crippen LogP contribution in [-0.4, -0.2) is 42.3 Å². The predicted octanol–water partition coefficient (Wildman–Crippen LogP) is 2.78. The summed E-state index contributed by atoms with van der Waals surface area (Å²) in [6, 6.07) is 0.653. The van der Waals surface area contributed by atoms with Crippen molar-refractivity contribution in [2.75, 3.05) is 19.6 Å². The maximum absolute atomic E-state index is 11.9. The average molecular weight is 268 g/mol. The largest absolute Gasteiger partial charge is 0.444 e. The van der Waals surface area contributed by atoms with Crippen LogP contribution in [-0.2, 0) is 4.74 Å². The summed E-state index contributed by atoms with van der Waals surface area (Å²) in [5, 5.41) is 3.60. The number of hydrogen-bond donors (Lipinski definition) is 1. The lowest BCUT2D eigenvalue weighted by atomic mass is 9.78. The van der Waals surface area contributed by atoms with E-state index in [4.69, 9.17) is 4.74 Å². The molecule has 1 spiro atoms. The normalized spacial score (nSPS) is 25.5. The van der Waals surface area contributed by atoms with Crippen molar-refractivity contribution >= 4 is 6.09 Å². The Hall–Kier alpha value is -0.770. The number of carbonyl (C=O) groups excluding carboxylic acids is 1. The van der Waals surface area contributed by atoms with E-state index in [1.54, 1.807) is 0 Å². The van der Waals surface area contributed by atoms with E-state index in [0.29, 0.717) is 11.5 Å². The first kappa shape index (κ1) is 14.6. The molecule has 1 saturated carbocycles. The zero-order valence-corrected chi connectivity index (χ0v) is 12.8. The van der Waals surface area contributed by atoms with Gasteiger partial charge in [-0.05, 0) is 53.0 Å². The monoisotopic (exact) mass is 268 g/mol. The first-order valence-corrected chi connectivity index (χ1v) is 7.55. The van der Waals surface area contributed by atoms with Crippen LogP contribution in [0.25, 0.3) is 0 Å². The molecule has 1 saturated heterocycles. The second kappa shape index (κ2) is 5.31. The fraction of sp³-hybridized carbons (Fsp3) is 0.933. The van der Waals surface area contributed by atoms with Gasteiger partial charge in [-0.25, -0.2) is 4.79 Å². The smallest absolute Gasteiger partial charge is 0.410 e. The molecule has 19 heavy (non-hydrogen) atoms. The fourth-order valence-electron chi connectivity index (χ4n) is 3.24. The molecule has 0 unspecified atom stereocenters.